The zero-order valence-corrected chi connectivity index (χ0v) is 15.3. The van der Waals surface area contributed by atoms with Gasteiger partial charge in [0.1, 0.15) is 11.5 Å². The van der Waals surface area contributed by atoms with Gasteiger partial charge in [0.25, 0.3) is 0 Å². The molecule has 8 heteroatoms. The van der Waals surface area contributed by atoms with Crippen molar-refractivity contribution in [2.24, 2.45) is 4.99 Å². The van der Waals surface area contributed by atoms with E-state index in [1.807, 2.05) is 0 Å². The van der Waals surface area contributed by atoms with E-state index in [2.05, 4.69) is 4.99 Å². The van der Waals surface area contributed by atoms with Crippen LogP contribution >= 0.6 is 11.6 Å². The fraction of sp³-hybridized carbons (Fsp3) is 0.0476. The van der Waals surface area contributed by atoms with Crippen LogP contribution in [-0.2, 0) is 15.7 Å². The Labute approximate surface area is 167 Å². The Hall–Kier alpha value is -3.32. The molecule has 146 valence electrons. The van der Waals surface area contributed by atoms with E-state index in [0.29, 0.717) is 10.6 Å². The quantitative estimate of drug-likeness (QED) is 0.390. The van der Waals surface area contributed by atoms with Crippen LogP contribution in [0.3, 0.4) is 0 Å². The maximum atomic E-state index is 12.9. The molecule has 4 nitrogen and oxygen atoms in total. The van der Waals surface area contributed by atoms with Gasteiger partial charge in [0, 0.05) is 11.6 Å². The second-order valence-electron chi connectivity index (χ2n) is 6.10. The summed E-state index contributed by atoms with van der Waals surface area (Å²) in [6, 6.07) is 14.6. The summed E-state index contributed by atoms with van der Waals surface area (Å²) in [6.45, 7) is 0. The first-order valence-corrected chi connectivity index (χ1v) is 8.74. The molecule has 2 heterocycles. The summed E-state index contributed by atoms with van der Waals surface area (Å²) in [7, 11) is 0. The number of halogens is 4. The lowest BCUT2D eigenvalue weighted by atomic mass is 10.1. The van der Waals surface area contributed by atoms with Crippen molar-refractivity contribution in [3.05, 3.63) is 88.3 Å². The number of carbonyl (C=O) groups is 1. The lowest BCUT2D eigenvalue weighted by Gasteiger charge is -2.07. The van der Waals surface area contributed by atoms with Crippen LogP contribution in [0.5, 0.6) is 0 Å². The average Bonchev–Trinajstić information content (AvgIpc) is 3.29. The van der Waals surface area contributed by atoms with Crippen LogP contribution < -0.4 is 0 Å². The molecule has 3 aromatic rings. The summed E-state index contributed by atoms with van der Waals surface area (Å²) in [4.78, 5) is 16.2. The van der Waals surface area contributed by atoms with E-state index in [9.17, 15) is 18.0 Å². The SMILES string of the molecule is O=C1OC(c2ccccc2Cl)=NC1=Cc1ccc(-c2cccc(C(F)(F)F)c2)o1. The van der Waals surface area contributed by atoms with Crippen LogP contribution in [0.1, 0.15) is 16.9 Å². The third-order valence-corrected chi connectivity index (χ3v) is 4.43. The zero-order chi connectivity index (χ0) is 20.6. The Morgan fingerprint density at radius 3 is 2.55 bits per heavy atom. The summed E-state index contributed by atoms with van der Waals surface area (Å²) in [6.07, 6.45) is -3.10. The van der Waals surface area contributed by atoms with Crippen LogP contribution in [0.2, 0.25) is 5.02 Å². The van der Waals surface area contributed by atoms with Crippen LogP contribution in [0, 0.1) is 0 Å². The van der Waals surface area contributed by atoms with Crippen LogP contribution in [0.15, 0.2) is 75.8 Å². The zero-order valence-electron chi connectivity index (χ0n) is 14.5. The number of rotatable bonds is 3. The topological polar surface area (TPSA) is 51.8 Å². The fourth-order valence-corrected chi connectivity index (χ4v) is 2.94. The van der Waals surface area contributed by atoms with Crippen molar-refractivity contribution in [3.63, 3.8) is 0 Å². The van der Waals surface area contributed by atoms with E-state index in [1.165, 1.54) is 30.3 Å². The first-order valence-electron chi connectivity index (χ1n) is 8.36. The summed E-state index contributed by atoms with van der Waals surface area (Å²) >= 11 is 6.09. The Morgan fingerprint density at radius 1 is 1.00 bits per heavy atom. The number of esters is 1. The number of hydrogen-bond acceptors (Lipinski definition) is 4. The molecule has 1 aliphatic heterocycles. The third-order valence-electron chi connectivity index (χ3n) is 4.10. The molecule has 0 saturated heterocycles. The minimum absolute atomic E-state index is 0.00939. The second kappa shape index (κ2) is 7.25. The predicted molar refractivity (Wildman–Crippen MR) is 101 cm³/mol. The van der Waals surface area contributed by atoms with E-state index in [-0.39, 0.29) is 28.7 Å². The van der Waals surface area contributed by atoms with Gasteiger partial charge in [-0.3, -0.25) is 0 Å². The highest BCUT2D eigenvalue weighted by atomic mass is 35.5. The Morgan fingerprint density at radius 2 is 1.79 bits per heavy atom. The fourth-order valence-electron chi connectivity index (χ4n) is 2.73. The van der Waals surface area contributed by atoms with Crippen LogP contribution in [0.4, 0.5) is 13.2 Å². The van der Waals surface area contributed by atoms with Crippen molar-refractivity contribution in [2.45, 2.75) is 6.18 Å². The van der Waals surface area contributed by atoms with Crippen molar-refractivity contribution in [3.8, 4) is 11.3 Å². The van der Waals surface area contributed by atoms with Gasteiger partial charge in [0.05, 0.1) is 16.1 Å². The number of nitrogens with zero attached hydrogens (tertiary/aromatic N) is 1. The van der Waals surface area contributed by atoms with Gasteiger partial charge in [-0.1, -0.05) is 35.9 Å². The molecule has 0 spiro atoms. The number of cyclic esters (lactones) is 1. The number of benzene rings is 2. The first-order chi connectivity index (χ1) is 13.8. The number of aliphatic imine (C=N–C) groups is 1. The number of ether oxygens (including phenoxy) is 1. The molecule has 2 aromatic carbocycles. The molecule has 0 fully saturated rings. The van der Waals surface area contributed by atoms with Gasteiger partial charge < -0.3 is 9.15 Å². The normalized spacial score (nSPS) is 15.5. The molecule has 4 rings (SSSR count). The summed E-state index contributed by atoms with van der Waals surface area (Å²) in [5.74, 6) is -0.147. The van der Waals surface area contributed by atoms with E-state index >= 15 is 0 Å². The largest absolute Gasteiger partial charge is 0.457 e. The highest BCUT2D eigenvalue weighted by Gasteiger charge is 2.30. The first kappa shape index (κ1) is 19.0. The van der Waals surface area contributed by atoms with Gasteiger partial charge in [-0.25, -0.2) is 9.79 Å². The maximum Gasteiger partial charge on any atom is 0.416 e. The molecule has 1 aromatic heterocycles. The predicted octanol–water partition coefficient (Wildman–Crippen LogP) is 5.96. The Balaban J connectivity index is 1.63. The number of furan rings is 1. The molecule has 29 heavy (non-hydrogen) atoms. The molecule has 0 atom stereocenters. The number of hydrogen-bond donors (Lipinski definition) is 0. The molecule has 0 saturated carbocycles. The lowest BCUT2D eigenvalue weighted by molar-refractivity contribution is -0.137. The molecule has 0 N–H and O–H groups in total. The monoisotopic (exact) mass is 417 g/mol. The Bertz CT molecular complexity index is 1160. The summed E-state index contributed by atoms with van der Waals surface area (Å²) in [5, 5.41) is 0.380. The number of alkyl halides is 3. The van der Waals surface area contributed by atoms with Crippen molar-refractivity contribution in [1.29, 1.82) is 0 Å². The van der Waals surface area contributed by atoms with Gasteiger partial charge in [-0.2, -0.15) is 13.2 Å². The highest BCUT2D eigenvalue weighted by molar-refractivity contribution is 6.34. The highest BCUT2D eigenvalue weighted by Crippen LogP contribution is 2.33. The molecule has 0 bridgehead atoms. The molecule has 0 amide bonds. The van der Waals surface area contributed by atoms with Crippen LogP contribution in [0.25, 0.3) is 17.4 Å². The maximum absolute atomic E-state index is 12.9. The molecule has 0 aliphatic carbocycles. The van der Waals surface area contributed by atoms with E-state index < -0.39 is 17.7 Å². The molecule has 0 unspecified atom stereocenters. The van der Waals surface area contributed by atoms with Crippen molar-refractivity contribution >= 4 is 29.5 Å². The molecular weight excluding hydrogens is 407 g/mol. The molecular formula is C21H11ClF3NO3. The standard InChI is InChI=1S/C21H11ClF3NO3/c22-16-7-2-1-6-15(16)19-26-17(20(27)29-19)11-14-8-9-18(28-14)12-4-3-5-13(10-12)21(23,24)25/h1-11H. The van der Waals surface area contributed by atoms with Gasteiger partial charge in [-0.15, -0.1) is 0 Å². The van der Waals surface area contributed by atoms with Crippen molar-refractivity contribution in [2.75, 3.05) is 0 Å². The minimum Gasteiger partial charge on any atom is -0.457 e. The van der Waals surface area contributed by atoms with Gasteiger partial charge in [0.2, 0.25) is 5.90 Å². The second-order valence-corrected chi connectivity index (χ2v) is 6.50. The van der Waals surface area contributed by atoms with Gasteiger partial charge in [-0.05, 0) is 36.4 Å². The third kappa shape index (κ3) is 3.95. The van der Waals surface area contributed by atoms with E-state index in [4.69, 9.17) is 20.8 Å². The van der Waals surface area contributed by atoms with Crippen molar-refractivity contribution < 1.29 is 27.1 Å². The Kier molecular flexibility index (Phi) is 4.76. The van der Waals surface area contributed by atoms with E-state index in [0.717, 1.165) is 12.1 Å². The summed E-state index contributed by atoms with van der Waals surface area (Å²) in [5.41, 5.74) is -0.0572. The van der Waals surface area contributed by atoms with Crippen LogP contribution in [-0.4, -0.2) is 11.9 Å². The smallest absolute Gasteiger partial charge is 0.416 e. The minimum atomic E-state index is -4.45. The van der Waals surface area contributed by atoms with Gasteiger partial charge in [0.15, 0.2) is 5.70 Å². The summed E-state index contributed by atoms with van der Waals surface area (Å²) < 4.78 is 49.4. The molecule has 0 radical (unpaired) electrons. The number of carbonyl (C=O) groups excluding carboxylic acids is 1. The average molecular weight is 418 g/mol. The van der Waals surface area contributed by atoms with E-state index in [1.54, 1.807) is 24.3 Å². The lowest BCUT2D eigenvalue weighted by Crippen LogP contribution is -2.05. The van der Waals surface area contributed by atoms with Crippen molar-refractivity contribution in [1.82, 2.24) is 0 Å². The molecule has 1 aliphatic rings. The van der Waals surface area contributed by atoms with Gasteiger partial charge >= 0.3 is 12.1 Å².